The highest BCUT2D eigenvalue weighted by atomic mass is 32.1. The van der Waals surface area contributed by atoms with Gasteiger partial charge in [-0.15, -0.1) is 11.3 Å². The number of nitrogens with one attached hydrogen (secondary N) is 1. The molecule has 98 valence electrons. The number of rotatable bonds is 7. The summed E-state index contributed by atoms with van der Waals surface area (Å²) in [5.41, 5.74) is 2.18. The number of aliphatic hydroxyl groups is 1. The molecule has 0 saturated heterocycles. The first kappa shape index (κ1) is 14.6. The van der Waals surface area contributed by atoms with Crippen LogP contribution in [0.15, 0.2) is 5.51 Å². The quantitative estimate of drug-likeness (QED) is 0.784. The number of ether oxygens (including phenoxy) is 1. The van der Waals surface area contributed by atoms with Crippen molar-refractivity contribution in [3.05, 3.63) is 16.1 Å². The molecular weight excluding hydrogens is 236 g/mol. The fraction of sp³-hybridized carbons (Fsp3) is 0.750. The fourth-order valence-electron chi connectivity index (χ4n) is 1.60. The predicted octanol–water partition coefficient (Wildman–Crippen LogP) is 1.89. The van der Waals surface area contributed by atoms with E-state index in [0.717, 1.165) is 5.69 Å². The number of thiazole rings is 1. The van der Waals surface area contributed by atoms with Crippen molar-refractivity contribution in [2.75, 3.05) is 20.3 Å². The van der Waals surface area contributed by atoms with Gasteiger partial charge in [-0.2, -0.15) is 0 Å². The summed E-state index contributed by atoms with van der Waals surface area (Å²) in [5.74, 6) is 0. The van der Waals surface area contributed by atoms with Crippen LogP contribution in [0.3, 0.4) is 0 Å². The second-order valence-electron chi connectivity index (χ2n) is 4.64. The van der Waals surface area contributed by atoms with Crippen LogP contribution in [0.2, 0.25) is 0 Å². The smallest absolute Gasteiger partial charge is 0.0798 e. The molecule has 0 aliphatic rings. The van der Waals surface area contributed by atoms with Crippen LogP contribution in [0, 0.1) is 6.92 Å². The molecule has 17 heavy (non-hydrogen) atoms. The molecule has 1 aromatic rings. The molecule has 1 heterocycles. The maximum atomic E-state index is 10.1. The number of methoxy groups -OCH3 is 1. The molecule has 4 nitrogen and oxygen atoms in total. The molecule has 2 atom stereocenters. The monoisotopic (exact) mass is 258 g/mol. The minimum absolute atomic E-state index is 0.219. The second-order valence-corrected chi connectivity index (χ2v) is 5.53. The molecule has 0 saturated carbocycles. The van der Waals surface area contributed by atoms with Gasteiger partial charge in [0, 0.05) is 37.6 Å². The van der Waals surface area contributed by atoms with Gasteiger partial charge < -0.3 is 15.2 Å². The Morgan fingerprint density at radius 1 is 1.65 bits per heavy atom. The Balaban J connectivity index is 2.42. The van der Waals surface area contributed by atoms with E-state index < -0.39 is 5.60 Å². The van der Waals surface area contributed by atoms with Crippen LogP contribution < -0.4 is 5.32 Å². The van der Waals surface area contributed by atoms with Crippen LogP contribution in [0.4, 0.5) is 0 Å². The Morgan fingerprint density at radius 2 is 2.35 bits per heavy atom. The minimum Gasteiger partial charge on any atom is -0.389 e. The minimum atomic E-state index is -0.733. The van der Waals surface area contributed by atoms with Crippen molar-refractivity contribution in [1.82, 2.24) is 10.3 Å². The summed E-state index contributed by atoms with van der Waals surface area (Å²) in [7, 11) is 1.65. The lowest BCUT2D eigenvalue weighted by molar-refractivity contribution is 0.0232. The van der Waals surface area contributed by atoms with Gasteiger partial charge in [0.1, 0.15) is 0 Å². The average Bonchev–Trinajstić information content (AvgIpc) is 2.70. The summed E-state index contributed by atoms with van der Waals surface area (Å²) in [5, 5.41) is 13.4. The van der Waals surface area contributed by atoms with Crippen molar-refractivity contribution < 1.29 is 9.84 Å². The summed E-state index contributed by atoms with van der Waals surface area (Å²) in [4.78, 5) is 5.46. The molecule has 0 aliphatic heterocycles. The first-order chi connectivity index (χ1) is 7.96. The zero-order chi connectivity index (χ0) is 12.9. The average molecular weight is 258 g/mol. The number of hydrogen-bond acceptors (Lipinski definition) is 5. The van der Waals surface area contributed by atoms with E-state index in [9.17, 15) is 5.11 Å². The summed E-state index contributed by atoms with van der Waals surface area (Å²) < 4.78 is 4.98. The van der Waals surface area contributed by atoms with Gasteiger partial charge in [0.25, 0.3) is 0 Å². The summed E-state index contributed by atoms with van der Waals surface area (Å²) in [6.45, 7) is 7.04. The van der Waals surface area contributed by atoms with Gasteiger partial charge in [-0.3, -0.25) is 0 Å². The second kappa shape index (κ2) is 6.44. The molecule has 0 radical (unpaired) electrons. The molecule has 1 aromatic heterocycles. The van der Waals surface area contributed by atoms with E-state index in [1.165, 1.54) is 4.88 Å². The third-order valence-corrected chi connectivity index (χ3v) is 3.92. The van der Waals surface area contributed by atoms with Gasteiger partial charge in [-0.1, -0.05) is 0 Å². The lowest BCUT2D eigenvalue weighted by atomic mass is 10.0. The van der Waals surface area contributed by atoms with E-state index >= 15 is 0 Å². The summed E-state index contributed by atoms with van der Waals surface area (Å²) >= 11 is 1.65. The van der Waals surface area contributed by atoms with Crippen molar-refractivity contribution in [2.24, 2.45) is 0 Å². The first-order valence-electron chi connectivity index (χ1n) is 5.81. The Hall–Kier alpha value is -0.490. The number of aryl methyl sites for hydroxylation is 1. The van der Waals surface area contributed by atoms with E-state index in [1.54, 1.807) is 18.4 Å². The van der Waals surface area contributed by atoms with Gasteiger partial charge in [0.15, 0.2) is 0 Å². The highest BCUT2D eigenvalue weighted by molar-refractivity contribution is 7.09. The molecule has 2 unspecified atom stereocenters. The Kier molecular flexibility index (Phi) is 5.52. The maximum Gasteiger partial charge on any atom is 0.0798 e. The van der Waals surface area contributed by atoms with E-state index in [0.29, 0.717) is 19.6 Å². The van der Waals surface area contributed by atoms with E-state index in [2.05, 4.69) is 17.2 Å². The topological polar surface area (TPSA) is 54.4 Å². The molecule has 0 spiro atoms. The summed E-state index contributed by atoms with van der Waals surface area (Å²) in [6.07, 6.45) is 0.630. The highest BCUT2D eigenvalue weighted by Gasteiger charge is 2.21. The maximum absolute atomic E-state index is 10.1. The van der Waals surface area contributed by atoms with Crippen LogP contribution >= 0.6 is 11.3 Å². The van der Waals surface area contributed by atoms with Crippen LogP contribution in [-0.2, 0) is 4.74 Å². The third kappa shape index (κ3) is 4.71. The number of nitrogens with zero attached hydrogens (tertiary/aromatic N) is 1. The zero-order valence-corrected chi connectivity index (χ0v) is 11.8. The Bertz CT molecular complexity index is 339. The molecule has 2 N–H and O–H groups in total. The molecule has 0 fully saturated rings. The number of aromatic nitrogens is 1. The molecule has 5 heteroatoms. The van der Waals surface area contributed by atoms with E-state index in [1.807, 2.05) is 19.4 Å². The van der Waals surface area contributed by atoms with Gasteiger partial charge in [-0.05, 0) is 20.8 Å². The van der Waals surface area contributed by atoms with Crippen LogP contribution in [-0.4, -0.2) is 36.0 Å². The SMILES string of the molecule is COCCC(C)(O)CNC(C)c1scnc1C. The van der Waals surface area contributed by atoms with Gasteiger partial charge >= 0.3 is 0 Å². The Morgan fingerprint density at radius 3 is 2.88 bits per heavy atom. The van der Waals surface area contributed by atoms with E-state index in [-0.39, 0.29) is 6.04 Å². The lowest BCUT2D eigenvalue weighted by Gasteiger charge is -2.25. The highest BCUT2D eigenvalue weighted by Crippen LogP contribution is 2.21. The Labute approximate surface area is 107 Å². The van der Waals surface area contributed by atoms with Crippen molar-refractivity contribution in [3.8, 4) is 0 Å². The lowest BCUT2D eigenvalue weighted by Crippen LogP contribution is -2.39. The van der Waals surface area contributed by atoms with Gasteiger partial charge in [0.05, 0.1) is 16.8 Å². The standard InChI is InChI=1S/C12H22N2O2S/c1-9(11-10(2)14-8-17-11)13-7-12(3,15)5-6-16-4/h8-9,13,15H,5-7H2,1-4H3. The molecule has 0 amide bonds. The summed E-state index contributed by atoms with van der Waals surface area (Å²) in [6, 6.07) is 0.219. The van der Waals surface area contributed by atoms with Crippen molar-refractivity contribution in [2.45, 2.75) is 38.8 Å². The fourth-order valence-corrected chi connectivity index (χ4v) is 2.44. The van der Waals surface area contributed by atoms with Gasteiger partial charge in [-0.25, -0.2) is 4.98 Å². The van der Waals surface area contributed by atoms with Crippen LogP contribution in [0.5, 0.6) is 0 Å². The predicted molar refractivity (Wildman–Crippen MR) is 70.4 cm³/mol. The van der Waals surface area contributed by atoms with Crippen molar-refractivity contribution >= 4 is 11.3 Å². The molecule has 1 rings (SSSR count). The van der Waals surface area contributed by atoms with Crippen molar-refractivity contribution in [1.29, 1.82) is 0 Å². The first-order valence-corrected chi connectivity index (χ1v) is 6.69. The van der Waals surface area contributed by atoms with Gasteiger partial charge in [0.2, 0.25) is 0 Å². The molecule has 0 aliphatic carbocycles. The van der Waals surface area contributed by atoms with Crippen LogP contribution in [0.1, 0.15) is 36.9 Å². The van der Waals surface area contributed by atoms with E-state index in [4.69, 9.17) is 4.74 Å². The van der Waals surface area contributed by atoms with Crippen LogP contribution in [0.25, 0.3) is 0 Å². The van der Waals surface area contributed by atoms with Crippen molar-refractivity contribution in [3.63, 3.8) is 0 Å². The zero-order valence-electron chi connectivity index (χ0n) is 11.0. The largest absolute Gasteiger partial charge is 0.389 e. The third-order valence-electron chi connectivity index (χ3n) is 2.81. The molecule has 0 aromatic carbocycles. The molecule has 0 bridgehead atoms. The normalized spacial score (nSPS) is 16.8. The molecular formula is C12H22N2O2S. The number of hydrogen-bond donors (Lipinski definition) is 2.